The average Bonchev–Trinajstić information content (AvgIpc) is 2.94. The first kappa shape index (κ1) is 16.5. The number of likely N-dealkylation sites (tertiary alicyclic amines) is 1. The number of nitrogens with one attached hydrogen (secondary N) is 1. The van der Waals surface area contributed by atoms with E-state index in [-0.39, 0.29) is 18.9 Å². The number of hydrogen-bond donors (Lipinski definition) is 3. The molecule has 3 N–H and O–H groups in total. The summed E-state index contributed by atoms with van der Waals surface area (Å²) < 4.78 is 5.13. The molecule has 22 heavy (non-hydrogen) atoms. The highest BCUT2D eigenvalue weighted by atomic mass is 16.5. The van der Waals surface area contributed by atoms with Gasteiger partial charge in [0.05, 0.1) is 25.7 Å². The van der Waals surface area contributed by atoms with E-state index in [0.717, 1.165) is 0 Å². The molecule has 2 rings (SSSR count). The summed E-state index contributed by atoms with van der Waals surface area (Å²) in [6, 6.07) is -1.85. The number of rotatable bonds is 4. The summed E-state index contributed by atoms with van der Waals surface area (Å²) in [6.45, 7) is 2.27. The number of carboxylic acids is 1. The Morgan fingerprint density at radius 1 is 1.18 bits per heavy atom. The largest absolute Gasteiger partial charge is 0.480 e. The zero-order chi connectivity index (χ0) is 16.1. The quantitative estimate of drug-likeness (QED) is 0.579. The number of aliphatic hydroxyl groups is 1. The molecule has 2 heterocycles. The van der Waals surface area contributed by atoms with Crippen molar-refractivity contribution in [2.24, 2.45) is 0 Å². The van der Waals surface area contributed by atoms with Crippen LogP contribution in [0.3, 0.4) is 0 Å². The Hall–Kier alpha value is -1.87. The minimum Gasteiger partial charge on any atom is -0.480 e. The van der Waals surface area contributed by atoms with Crippen LogP contribution >= 0.6 is 0 Å². The van der Waals surface area contributed by atoms with Crippen LogP contribution in [0.5, 0.6) is 0 Å². The molecule has 0 aromatic heterocycles. The SMILES string of the molecule is O=C(O)C(CC(=O)N1CCOCC1)NC(=O)N1CC[C@H](O)C1. The van der Waals surface area contributed by atoms with Gasteiger partial charge in [-0.3, -0.25) is 4.79 Å². The summed E-state index contributed by atoms with van der Waals surface area (Å²) in [5, 5.41) is 20.9. The van der Waals surface area contributed by atoms with E-state index >= 15 is 0 Å². The van der Waals surface area contributed by atoms with Crippen molar-refractivity contribution in [3.05, 3.63) is 0 Å². The lowest BCUT2D eigenvalue weighted by Crippen LogP contribution is -2.50. The number of aliphatic hydroxyl groups excluding tert-OH is 1. The molecule has 0 aromatic rings. The molecular weight excluding hydrogens is 294 g/mol. The average molecular weight is 315 g/mol. The molecule has 3 amide bonds. The second-order valence-electron chi connectivity index (χ2n) is 5.43. The van der Waals surface area contributed by atoms with Gasteiger partial charge in [0.25, 0.3) is 0 Å². The third kappa shape index (κ3) is 4.31. The molecular formula is C13H21N3O6. The number of morpholine rings is 1. The van der Waals surface area contributed by atoms with Crippen LogP contribution in [0.1, 0.15) is 12.8 Å². The van der Waals surface area contributed by atoms with Crippen LogP contribution in [0, 0.1) is 0 Å². The number of carboxylic acid groups (broad SMARTS) is 1. The number of hydrogen-bond acceptors (Lipinski definition) is 5. The highest BCUT2D eigenvalue weighted by molar-refractivity contribution is 5.88. The Morgan fingerprint density at radius 2 is 1.86 bits per heavy atom. The molecule has 0 radical (unpaired) electrons. The number of ether oxygens (including phenoxy) is 1. The number of carbonyl (C=O) groups excluding carboxylic acids is 2. The van der Waals surface area contributed by atoms with Crippen molar-refractivity contribution in [1.29, 1.82) is 0 Å². The minimum absolute atomic E-state index is 0.176. The van der Waals surface area contributed by atoms with Crippen molar-refractivity contribution >= 4 is 17.9 Å². The molecule has 124 valence electrons. The Kier molecular flexibility index (Phi) is 5.56. The van der Waals surface area contributed by atoms with E-state index in [4.69, 9.17) is 4.74 Å². The maximum Gasteiger partial charge on any atom is 0.326 e. The summed E-state index contributed by atoms with van der Waals surface area (Å²) in [5.41, 5.74) is 0. The van der Waals surface area contributed by atoms with Crippen molar-refractivity contribution < 1.29 is 29.3 Å². The Balaban J connectivity index is 1.87. The summed E-state index contributed by atoms with van der Waals surface area (Å²) >= 11 is 0. The van der Waals surface area contributed by atoms with E-state index in [1.54, 1.807) is 0 Å². The van der Waals surface area contributed by atoms with Crippen molar-refractivity contribution in [1.82, 2.24) is 15.1 Å². The van der Waals surface area contributed by atoms with Crippen LogP contribution in [0.4, 0.5) is 4.79 Å². The van der Waals surface area contributed by atoms with Crippen molar-refractivity contribution in [2.45, 2.75) is 25.0 Å². The van der Waals surface area contributed by atoms with E-state index < -0.39 is 24.1 Å². The minimum atomic E-state index is -1.28. The Morgan fingerprint density at radius 3 is 2.41 bits per heavy atom. The molecule has 2 aliphatic rings. The predicted octanol–water partition coefficient (Wildman–Crippen LogP) is -1.54. The molecule has 0 bridgehead atoms. The second kappa shape index (κ2) is 7.41. The van der Waals surface area contributed by atoms with Gasteiger partial charge in [0.2, 0.25) is 5.91 Å². The fourth-order valence-electron chi connectivity index (χ4n) is 2.48. The van der Waals surface area contributed by atoms with Gasteiger partial charge in [-0.05, 0) is 6.42 Å². The molecule has 9 nitrogen and oxygen atoms in total. The maximum atomic E-state index is 12.1. The van der Waals surface area contributed by atoms with Crippen molar-refractivity contribution in [2.75, 3.05) is 39.4 Å². The molecule has 0 aliphatic carbocycles. The van der Waals surface area contributed by atoms with E-state index in [0.29, 0.717) is 39.3 Å². The zero-order valence-corrected chi connectivity index (χ0v) is 12.2. The molecule has 0 aromatic carbocycles. The van der Waals surface area contributed by atoms with E-state index in [2.05, 4.69) is 5.32 Å². The van der Waals surface area contributed by atoms with E-state index in [9.17, 15) is 24.6 Å². The first-order valence-electron chi connectivity index (χ1n) is 7.29. The van der Waals surface area contributed by atoms with Gasteiger partial charge < -0.3 is 30.1 Å². The third-order valence-electron chi connectivity index (χ3n) is 3.79. The molecule has 1 unspecified atom stereocenters. The Labute approximate surface area is 127 Å². The first-order chi connectivity index (χ1) is 10.5. The number of aliphatic carboxylic acids is 1. The molecule has 2 saturated heterocycles. The van der Waals surface area contributed by atoms with Crippen molar-refractivity contribution in [3.8, 4) is 0 Å². The predicted molar refractivity (Wildman–Crippen MR) is 74.2 cm³/mol. The molecule has 9 heteroatoms. The van der Waals surface area contributed by atoms with Gasteiger partial charge in [-0.2, -0.15) is 0 Å². The number of urea groups is 1. The molecule has 2 atom stereocenters. The smallest absolute Gasteiger partial charge is 0.326 e. The summed E-state index contributed by atoms with van der Waals surface area (Å²) in [6.07, 6.45) is -0.404. The highest BCUT2D eigenvalue weighted by Gasteiger charge is 2.30. The van der Waals surface area contributed by atoms with Crippen LogP contribution in [0.15, 0.2) is 0 Å². The lowest BCUT2D eigenvalue weighted by atomic mass is 10.2. The van der Waals surface area contributed by atoms with Gasteiger partial charge in [-0.1, -0.05) is 0 Å². The zero-order valence-electron chi connectivity index (χ0n) is 12.2. The van der Waals surface area contributed by atoms with Crippen LogP contribution in [0.25, 0.3) is 0 Å². The monoisotopic (exact) mass is 315 g/mol. The molecule has 0 saturated carbocycles. The van der Waals surface area contributed by atoms with Crippen LogP contribution in [0.2, 0.25) is 0 Å². The lowest BCUT2D eigenvalue weighted by Gasteiger charge is -2.28. The van der Waals surface area contributed by atoms with Crippen LogP contribution in [-0.4, -0.2) is 89.5 Å². The molecule has 2 fully saturated rings. The third-order valence-corrected chi connectivity index (χ3v) is 3.79. The van der Waals surface area contributed by atoms with Gasteiger partial charge in [0.15, 0.2) is 0 Å². The van der Waals surface area contributed by atoms with Gasteiger partial charge in [-0.25, -0.2) is 9.59 Å². The summed E-state index contributed by atoms with van der Waals surface area (Å²) in [7, 11) is 0. The maximum absolute atomic E-state index is 12.1. The molecule has 2 aliphatic heterocycles. The van der Waals surface area contributed by atoms with Gasteiger partial charge in [0, 0.05) is 26.2 Å². The van der Waals surface area contributed by atoms with Gasteiger partial charge in [0.1, 0.15) is 6.04 Å². The normalized spacial score (nSPS) is 23.2. The van der Waals surface area contributed by atoms with Crippen LogP contribution < -0.4 is 5.32 Å². The lowest BCUT2D eigenvalue weighted by molar-refractivity contribution is -0.144. The van der Waals surface area contributed by atoms with Gasteiger partial charge in [-0.15, -0.1) is 0 Å². The standard InChI is InChI=1S/C13H21N3O6/c17-9-1-2-16(8-9)13(21)14-10(12(19)20)7-11(18)15-3-5-22-6-4-15/h9-10,17H,1-8H2,(H,14,21)(H,19,20)/t9-,10?/m0/s1. The van der Waals surface area contributed by atoms with E-state index in [1.807, 2.05) is 0 Å². The highest BCUT2D eigenvalue weighted by Crippen LogP contribution is 2.10. The number of carbonyl (C=O) groups is 3. The molecule has 0 spiro atoms. The van der Waals surface area contributed by atoms with E-state index in [1.165, 1.54) is 9.80 Å². The number of amides is 3. The topological polar surface area (TPSA) is 119 Å². The number of β-amino-alcohol motifs (C(OH)–C–C–N with tert-alkyl or cyclic N) is 1. The Bertz CT molecular complexity index is 419. The van der Waals surface area contributed by atoms with Crippen molar-refractivity contribution in [3.63, 3.8) is 0 Å². The number of nitrogens with zero attached hydrogens (tertiary/aromatic N) is 2. The fraction of sp³-hybridized carbons (Fsp3) is 0.769. The van der Waals surface area contributed by atoms with Crippen LogP contribution in [-0.2, 0) is 14.3 Å². The fourth-order valence-corrected chi connectivity index (χ4v) is 2.48. The summed E-state index contributed by atoms with van der Waals surface area (Å²) in [4.78, 5) is 38.2. The first-order valence-corrected chi connectivity index (χ1v) is 7.29. The summed E-state index contributed by atoms with van der Waals surface area (Å²) in [5.74, 6) is -1.58. The second-order valence-corrected chi connectivity index (χ2v) is 5.43. The van der Waals surface area contributed by atoms with Gasteiger partial charge >= 0.3 is 12.0 Å².